The Morgan fingerprint density at radius 3 is 2.54 bits per heavy atom. The molecule has 1 unspecified atom stereocenters. The molecule has 70 valence electrons. The normalized spacial score (nSPS) is 27.8. The third-order valence-electron chi connectivity index (χ3n) is 2.38. The van der Waals surface area contributed by atoms with Crippen LogP contribution in [-0.2, 0) is 10.3 Å². The van der Waals surface area contributed by atoms with E-state index < -0.39 is 5.60 Å². The molecule has 0 amide bonds. The highest BCUT2D eigenvalue weighted by Crippen LogP contribution is 2.29. The molecular formula is C10H11FO2. The fourth-order valence-electron chi connectivity index (χ4n) is 1.54. The Bertz CT molecular complexity index is 288. The summed E-state index contributed by atoms with van der Waals surface area (Å²) in [5.74, 6) is -0.286. The highest BCUT2D eigenvalue weighted by Gasteiger charge is 2.33. The minimum Gasteiger partial charge on any atom is -0.383 e. The van der Waals surface area contributed by atoms with Gasteiger partial charge in [-0.05, 0) is 17.7 Å². The first-order valence-corrected chi connectivity index (χ1v) is 4.27. The molecule has 1 aromatic rings. The second-order valence-corrected chi connectivity index (χ2v) is 3.34. The van der Waals surface area contributed by atoms with Gasteiger partial charge in [0.2, 0.25) is 0 Å². The van der Waals surface area contributed by atoms with Crippen LogP contribution in [0.1, 0.15) is 12.0 Å². The van der Waals surface area contributed by atoms with Crippen molar-refractivity contribution in [1.82, 2.24) is 0 Å². The molecule has 2 rings (SSSR count). The first kappa shape index (κ1) is 8.66. The second-order valence-electron chi connectivity index (χ2n) is 3.34. The lowest BCUT2D eigenvalue weighted by molar-refractivity contribution is 0.0231. The number of aliphatic hydroxyl groups is 1. The van der Waals surface area contributed by atoms with Gasteiger partial charge < -0.3 is 9.84 Å². The van der Waals surface area contributed by atoms with Gasteiger partial charge in [-0.1, -0.05) is 12.1 Å². The maximum Gasteiger partial charge on any atom is 0.123 e. The Labute approximate surface area is 76.0 Å². The average molecular weight is 182 g/mol. The molecule has 0 aromatic heterocycles. The lowest BCUT2D eigenvalue weighted by Gasteiger charge is -2.20. The molecule has 1 N–H and O–H groups in total. The van der Waals surface area contributed by atoms with Crippen LogP contribution in [0.15, 0.2) is 24.3 Å². The largest absolute Gasteiger partial charge is 0.383 e. The van der Waals surface area contributed by atoms with Crippen molar-refractivity contribution < 1.29 is 14.2 Å². The zero-order valence-electron chi connectivity index (χ0n) is 7.16. The fraction of sp³-hybridized carbons (Fsp3) is 0.400. The number of halogens is 1. The summed E-state index contributed by atoms with van der Waals surface area (Å²) in [5.41, 5.74) is -0.181. The maximum atomic E-state index is 12.6. The van der Waals surface area contributed by atoms with E-state index in [2.05, 4.69) is 0 Å². The van der Waals surface area contributed by atoms with Crippen LogP contribution in [0, 0.1) is 5.82 Å². The predicted molar refractivity (Wildman–Crippen MR) is 45.7 cm³/mol. The van der Waals surface area contributed by atoms with Crippen LogP contribution < -0.4 is 0 Å². The molecule has 13 heavy (non-hydrogen) atoms. The van der Waals surface area contributed by atoms with Crippen molar-refractivity contribution in [2.75, 3.05) is 13.2 Å². The molecule has 1 fully saturated rings. The van der Waals surface area contributed by atoms with Gasteiger partial charge in [-0.3, -0.25) is 0 Å². The van der Waals surface area contributed by atoms with Gasteiger partial charge in [0.1, 0.15) is 11.4 Å². The van der Waals surface area contributed by atoms with Crippen LogP contribution in [-0.4, -0.2) is 18.3 Å². The van der Waals surface area contributed by atoms with Crippen LogP contribution in [0.3, 0.4) is 0 Å². The molecule has 1 atom stereocenters. The molecule has 0 bridgehead atoms. The summed E-state index contributed by atoms with van der Waals surface area (Å²) >= 11 is 0. The van der Waals surface area contributed by atoms with E-state index in [1.165, 1.54) is 12.1 Å². The Hall–Kier alpha value is -0.930. The molecule has 0 aliphatic carbocycles. The monoisotopic (exact) mass is 182 g/mol. The average Bonchev–Trinajstić information content (AvgIpc) is 2.54. The van der Waals surface area contributed by atoms with Gasteiger partial charge >= 0.3 is 0 Å². The topological polar surface area (TPSA) is 29.5 Å². The quantitative estimate of drug-likeness (QED) is 0.712. The molecule has 1 aliphatic heterocycles. The first-order valence-electron chi connectivity index (χ1n) is 4.27. The summed E-state index contributed by atoms with van der Waals surface area (Å²) in [7, 11) is 0. The van der Waals surface area contributed by atoms with E-state index >= 15 is 0 Å². The van der Waals surface area contributed by atoms with Crippen LogP contribution >= 0.6 is 0 Å². The third-order valence-corrected chi connectivity index (χ3v) is 2.38. The van der Waals surface area contributed by atoms with Crippen LogP contribution in [0.2, 0.25) is 0 Å². The fourth-order valence-corrected chi connectivity index (χ4v) is 1.54. The maximum absolute atomic E-state index is 12.6. The Balaban J connectivity index is 2.29. The van der Waals surface area contributed by atoms with Crippen molar-refractivity contribution in [2.24, 2.45) is 0 Å². The van der Waals surface area contributed by atoms with Gasteiger partial charge in [0, 0.05) is 13.0 Å². The predicted octanol–water partition coefficient (Wildman–Crippen LogP) is 1.43. The van der Waals surface area contributed by atoms with Gasteiger partial charge in [-0.2, -0.15) is 0 Å². The van der Waals surface area contributed by atoms with Crippen molar-refractivity contribution in [2.45, 2.75) is 12.0 Å². The number of benzene rings is 1. The number of hydrogen-bond acceptors (Lipinski definition) is 2. The SMILES string of the molecule is OC1(c2ccc(F)cc2)CCOC1. The van der Waals surface area contributed by atoms with Crippen molar-refractivity contribution in [3.63, 3.8) is 0 Å². The van der Waals surface area contributed by atoms with E-state index in [0.717, 1.165) is 5.56 Å². The van der Waals surface area contributed by atoms with Gasteiger partial charge in [-0.15, -0.1) is 0 Å². The highest BCUT2D eigenvalue weighted by molar-refractivity contribution is 5.23. The molecule has 3 heteroatoms. The summed E-state index contributed by atoms with van der Waals surface area (Å²) in [6.07, 6.45) is 0.582. The summed E-state index contributed by atoms with van der Waals surface area (Å²) in [6.45, 7) is 0.868. The standard InChI is InChI=1S/C10H11FO2/c11-9-3-1-8(2-4-9)10(12)5-6-13-7-10/h1-4,12H,5-7H2. The first-order chi connectivity index (χ1) is 6.21. The van der Waals surface area contributed by atoms with Crippen LogP contribution in [0.4, 0.5) is 4.39 Å². The molecule has 1 heterocycles. The molecule has 1 saturated heterocycles. The van der Waals surface area contributed by atoms with E-state index in [1.54, 1.807) is 12.1 Å². The van der Waals surface area contributed by atoms with Crippen LogP contribution in [0.25, 0.3) is 0 Å². The van der Waals surface area contributed by atoms with Gasteiger partial charge in [0.15, 0.2) is 0 Å². The van der Waals surface area contributed by atoms with E-state index in [0.29, 0.717) is 19.6 Å². The second kappa shape index (κ2) is 3.09. The van der Waals surface area contributed by atoms with Crippen molar-refractivity contribution in [3.8, 4) is 0 Å². The Kier molecular flexibility index (Phi) is 2.06. The number of hydrogen-bond donors (Lipinski definition) is 1. The third kappa shape index (κ3) is 1.57. The Morgan fingerprint density at radius 1 is 1.31 bits per heavy atom. The zero-order valence-corrected chi connectivity index (χ0v) is 7.16. The van der Waals surface area contributed by atoms with Crippen molar-refractivity contribution >= 4 is 0 Å². The minimum atomic E-state index is -0.909. The van der Waals surface area contributed by atoms with Gasteiger partial charge in [0.05, 0.1) is 6.61 Å². The summed E-state index contributed by atoms with van der Waals surface area (Å²) in [4.78, 5) is 0. The molecule has 0 spiro atoms. The van der Waals surface area contributed by atoms with Gasteiger partial charge in [-0.25, -0.2) is 4.39 Å². The van der Waals surface area contributed by atoms with Gasteiger partial charge in [0.25, 0.3) is 0 Å². The molecular weight excluding hydrogens is 171 g/mol. The lowest BCUT2D eigenvalue weighted by atomic mass is 9.93. The van der Waals surface area contributed by atoms with E-state index in [9.17, 15) is 9.50 Å². The van der Waals surface area contributed by atoms with Crippen LogP contribution in [0.5, 0.6) is 0 Å². The molecule has 0 saturated carbocycles. The van der Waals surface area contributed by atoms with Crippen molar-refractivity contribution in [1.29, 1.82) is 0 Å². The molecule has 0 radical (unpaired) electrons. The summed E-state index contributed by atoms with van der Waals surface area (Å²) in [5, 5.41) is 10.0. The number of ether oxygens (including phenoxy) is 1. The summed E-state index contributed by atoms with van der Waals surface area (Å²) in [6, 6.07) is 5.91. The minimum absolute atomic E-state index is 0.286. The Morgan fingerprint density at radius 2 is 2.00 bits per heavy atom. The van der Waals surface area contributed by atoms with E-state index in [4.69, 9.17) is 4.74 Å². The molecule has 2 nitrogen and oxygen atoms in total. The van der Waals surface area contributed by atoms with E-state index in [-0.39, 0.29) is 5.82 Å². The summed E-state index contributed by atoms with van der Waals surface area (Å²) < 4.78 is 17.7. The smallest absolute Gasteiger partial charge is 0.123 e. The highest BCUT2D eigenvalue weighted by atomic mass is 19.1. The number of rotatable bonds is 1. The van der Waals surface area contributed by atoms with E-state index in [1.807, 2.05) is 0 Å². The molecule has 1 aliphatic rings. The lowest BCUT2D eigenvalue weighted by Crippen LogP contribution is -2.25. The van der Waals surface area contributed by atoms with Crippen molar-refractivity contribution in [3.05, 3.63) is 35.6 Å². The molecule has 1 aromatic carbocycles. The zero-order chi connectivity index (χ0) is 9.31.